The lowest BCUT2D eigenvalue weighted by atomic mass is 9.67. The Hall–Kier alpha value is 0.270. The molecule has 7 unspecified atom stereocenters. The minimum atomic E-state index is 0.605. The van der Waals surface area contributed by atoms with Crippen LogP contribution in [0.5, 0.6) is 0 Å². The van der Waals surface area contributed by atoms with E-state index in [0.717, 1.165) is 35.0 Å². The monoisotopic (exact) mass is 269 g/mol. The smallest absolute Gasteiger partial charge is 0.0571 e. The molecule has 1 N–H and O–H groups in total. The average molecular weight is 269 g/mol. The highest BCUT2D eigenvalue weighted by Gasteiger charge is 2.51. The summed E-state index contributed by atoms with van der Waals surface area (Å²) in [5.41, 5.74) is 0. The molecule has 0 bridgehead atoms. The summed E-state index contributed by atoms with van der Waals surface area (Å²) in [5, 5.41) is 5.54. The fourth-order valence-electron chi connectivity index (χ4n) is 4.67. The van der Waals surface area contributed by atoms with Crippen molar-refractivity contribution in [2.45, 2.75) is 56.2 Å². The lowest BCUT2D eigenvalue weighted by Gasteiger charge is -2.45. The first-order valence-electron chi connectivity index (χ1n) is 7.63. The third-order valence-electron chi connectivity index (χ3n) is 5.63. The summed E-state index contributed by atoms with van der Waals surface area (Å²) in [6.07, 6.45) is 5.85. The van der Waals surface area contributed by atoms with E-state index in [9.17, 15) is 0 Å². The second-order valence-corrected chi connectivity index (χ2v) is 7.94. The summed E-state index contributed by atoms with van der Waals surface area (Å²) in [5.74, 6) is 3.36. The van der Waals surface area contributed by atoms with Crippen LogP contribution in [-0.4, -0.2) is 30.4 Å². The van der Waals surface area contributed by atoms with Gasteiger partial charge in [-0.05, 0) is 37.5 Å². The first kappa shape index (κ1) is 13.3. The van der Waals surface area contributed by atoms with Crippen molar-refractivity contribution in [3.8, 4) is 0 Å². The molecule has 104 valence electrons. The summed E-state index contributed by atoms with van der Waals surface area (Å²) in [7, 11) is 1.85. The van der Waals surface area contributed by atoms with Gasteiger partial charge in [-0.3, -0.25) is 0 Å². The van der Waals surface area contributed by atoms with Crippen LogP contribution in [0.1, 0.15) is 39.5 Å². The maximum atomic E-state index is 5.46. The molecule has 7 atom stereocenters. The van der Waals surface area contributed by atoms with Crippen molar-refractivity contribution >= 4 is 11.8 Å². The average Bonchev–Trinajstić information content (AvgIpc) is 2.72. The fourth-order valence-corrected chi connectivity index (χ4v) is 6.79. The van der Waals surface area contributed by atoms with Gasteiger partial charge in [0.1, 0.15) is 0 Å². The van der Waals surface area contributed by atoms with Gasteiger partial charge in [0.15, 0.2) is 0 Å². The molecule has 3 heteroatoms. The van der Waals surface area contributed by atoms with Crippen LogP contribution in [0.15, 0.2) is 0 Å². The van der Waals surface area contributed by atoms with Crippen molar-refractivity contribution in [2.24, 2.45) is 23.7 Å². The first-order valence-corrected chi connectivity index (χ1v) is 8.57. The van der Waals surface area contributed by atoms with Gasteiger partial charge in [-0.15, -0.1) is 11.8 Å². The third-order valence-corrected chi connectivity index (χ3v) is 7.31. The van der Waals surface area contributed by atoms with Crippen molar-refractivity contribution in [1.82, 2.24) is 5.32 Å². The second kappa shape index (κ2) is 5.34. The maximum Gasteiger partial charge on any atom is 0.0571 e. The molecule has 2 nitrogen and oxygen atoms in total. The fraction of sp³-hybridized carbons (Fsp3) is 1.00. The molecular weight excluding hydrogens is 242 g/mol. The molecule has 1 saturated carbocycles. The molecule has 2 saturated heterocycles. The molecule has 3 aliphatic rings. The quantitative estimate of drug-likeness (QED) is 0.832. The standard InChI is InChI=1S/C15H27NOS/c1-9-12(8-17-3)10(2)16-15-14(9)11-6-4-5-7-13(11)18-15/h9-16H,4-8H2,1-3H3. The first-order chi connectivity index (χ1) is 8.72. The largest absolute Gasteiger partial charge is 0.384 e. The minimum absolute atomic E-state index is 0.605. The number of nitrogens with one attached hydrogen (secondary N) is 1. The lowest BCUT2D eigenvalue weighted by molar-refractivity contribution is 0.0294. The topological polar surface area (TPSA) is 21.3 Å². The van der Waals surface area contributed by atoms with Gasteiger partial charge in [0.2, 0.25) is 0 Å². The number of thioether (sulfide) groups is 1. The molecule has 18 heavy (non-hydrogen) atoms. The van der Waals surface area contributed by atoms with E-state index >= 15 is 0 Å². The van der Waals surface area contributed by atoms with Crippen molar-refractivity contribution in [3.63, 3.8) is 0 Å². The predicted molar refractivity (Wildman–Crippen MR) is 77.7 cm³/mol. The number of rotatable bonds is 2. The molecule has 2 heterocycles. The SMILES string of the molecule is COCC1C(C)NC2SC3CCCCC3C2C1C. The van der Waals surface area contributed by atoms with Gasteiger partial charge in [-0.25, -0.2) is 0 Å². The molecule has 0 aromatic carbocycles. The molecule has 0 aromatic heterocycles. The molecular formula is C15H27NOS. The van der Waals surface area contributed by atoms with Crippen LogP contribution >= 0.6 is 11.8 Å². The highest BCUT2D eigenvalue weighted by atomic mass is 32.2. The third kappa shape index (κ3) is 2.12. The predicted octanol–water partition coefficient (Wildman–Crippen LogP) is 3.12. The Labute approximate surface area is 116 Å². The van der Waals surface area contributed by atoms with Gasteiger partial charge >= 0.3 is 0 Å². The number of ether oxygens (including phenoxy) is 1. The van der Waals surface area contributed by atoms with E-state index in [0.29, 0.717) is 12.0 Å². The van der Waals surface area contributed by atoms with E-state index in [1.807, 2.05) is 7.11 Å². The summed E-state index contributed by atoms with van der Waals surface area (Å²) in [6.45, 7) is 5.75. The molecule has 0 spiro atoms. The van der Waals surface area contributed by atoms with Gasteiger partial charge in [-0.2, -0.15) is 0 Å². The zero-order valence-electron chi connectivity index (χ0n) is 11.9. The summed E-state index contributed by atoms with van der Waals surface area (Å²) >= 11 is 2.25. The Morgan fingerprint density at radius 1 is 1.22 bits per heavy atom. The number of fused-ring (bicyclic) bond motifs is 3. The summed E-state index contributed by atoms with van der Waals surface area (Å²) in [6, 6.07) is 0.605. The van der Waals surface area contributed by atoms with Crippen LogP contribution in [0.3, 0.4) is 0 Å². The van der Waals surface area contributed by atoms with Crippen molar-refractivity contribution < 1.29 is 4.74 Å². The lowest BCUT2D eigenvalue weighted by Crippen LogP contribution is -2.54. The van der Waals surface area contributed by atoms with E-state index in [-0.39, 0.29) is 0 Å². The van der Waals surface area contributed by atoms with Gasteiger partial charge in [0, 0.05) is 24.3 Å². The minimum Gasteiger partial charge on any atom is -0.384 e. The molecule has 1 aliphatic carbocycles. The number of hydrogen-bond acceptors (Lipinski definition) is 3. The van der Waals surface area contributed by atoms with Crippen LogP contribution < -0.4 is 5.32 Å². The number of methoxy groups -OCH3 is 1. The Morgan fingerprint density at radius 2 is 2.00 bits per heavy atom. The normalized spacial score (nSPS) is 51.8. The Bertz CT molecular complexity index is 298. The Morgan fingerprint density at radius 3 is 2.78 bits per heavy atom. The number of hydrogen-bond donors (Lipinski definition) is 1. The van der Waals surface area contributed by atoms with Gasteiger partial charge < -0.3 is 10.1 Å². The van der Waals surface area contributed by atoms with Crippen molar-refractivity contribution in [3.05, 3.63) is 0 Å². The zero-order valence-corrected chi connectivity index (χ0v) is 12.7. The van der Waals surface area contributed by atoms with Crippen LogP contribution in [0.4, 0.5) is 0 Å². The highest BCUT2D eigenvalue weighted by molar-refractivity contribution is 8.00. The van der Waals surface area contributed by atoms with E-state index < -0.39 is 0 Å². The van der Waals surface area contributed by atoms with E-state index in [1.54, 1.807) is 0 Å². The summed E-state index contributed by atoms with van der Waals surface area (Å²) < 4.78 is 5.46. The van der Waals surface area contributed by atoms with Crippen LogP contribution in [0, 0.1) is 23.7 Å². The molecule has 3 rings (SSSR count). The van der Waals surface area contributed by atoms with Crippen molar-refractivity contribution in [1.29, 1.82) is 0 Å². The van der Waals surface area contributed by atoms with Gasteiger partial charge in [0.05, 0.1) is 12.0 Å². The molecule has 3 fully saturated rings. The van der Waals surface area contributed by atoms with E-state index in [1.165, 1.54) is 25.7 Å². The Balaban J connectivity index is 1.78. The van der Waals surface area contributed by atoms with E-state index in [4.69, 9.17) is 4.74 Å². The second-order valence-electron chi connectivity index (χ2n) is 6.55. The van der Waals surface area contributed by atoms with Gasteiger partial charge in [-0.1, -0.05) is 19.8 Å². The highest BCUT2D eigenvalue weighted by Crippen LogP contribution is 2.54. The molecule has 0 amide bonds. The van der Waals surface area contributed by atoms with Crippen molar-refractivity contribution in [2.75, 3.05) is 13.7 Å². The van der Waals surface area contributed by atoms with E-state index in [2.05, 4.69) is 30.9 Å². The van der Waals surface area contributed by atoms with Gasteiger partial charge in [0.25, 0.3) is 0 Å². The van der Waals surface area contributed by atoms with Crippen LogP contribution in [-0.2, 0) is 4.74 Å². The summed E-state index contributed by atoms with van der Waals surface area (Å²) in [4.78, 5) is 0. The molecule has 0 aromatic rings. The van der Waals surface area contributed by atoms with Crippen LogP contribution in [0.25, 0.3) is 0 Å². The van der Waals surface area contributed by atoms with Crippen LogP contribution in [0.2, 0.25) is 0 Å². The number of piperidine rings is 1. The maximum absolute atomic E-state index is 5.46. The molecule has 2 aliphatic heterocycles. The Kier molecular flexibility index (Phi) is 3.93. The molecule has 0 radical (unpaired) electrons. The zero-order chi connectivity index (χ0) is 12.7.